The lowest BCUT2D eigenvalue weighted by atomic mass is 9.96. The fourth-order valence-corrected chi connectivity index (χ4v) is 4.69. The van der Waals surface area contributed by atoms with Crippen LogP contribution >= 0.6 is 11.3 Å². The Balaban J connectivity index is 1.41. The molecule has 31 heavy (non-hydrogen) atoms. The Morgan fingerprint density at radius 2 is 2.03 bits per heavy atom. The molecule has 1 aromatic carbocycles. The highest BCUT2D eigenvalue weighted by molar-refractivity contribution is 7.13. The topological polar surface area (TPSA) is 86.2 Å². The summed E-state index contributed by atoms with van der Waals surface area (Å²) in [5, 5.41) is 10.5. The molecule has 5 rings (SSSR count). The minimum absolute atomic E-state index is 0.0459. The van der Waals surface area contributed by atoms with Crippen molar-refractivity contribution in [1.82, 2.24) is 24.4 Å². The second-order valence-electron chi connectivity index (χ2n) is 7.58. The highest BCUT2D eigenvalue weighted by Crippen LogP contribution is 2.29. The van der Waals surface area contributed by atoms with Crippen LogP contribution in [0.1, 0.15) is 35.1 Å². The molecule has 0 spiro atoms. The molecule has 0 saturated carbocycles. The van der Waals surface area contributed by atoms with Crippen molar-refractivity contribution < 1.29 is 9.32 Å². The quantitative estimate of drug-likeness (QED) is 0.491. The lowest BCUT2D eigenvalue weighted by molar-refractivity contribution is 0.0693. The van der Waals surface area contributed by atoms with Gasteiger partial charge in [-0.25, -0.2) is 14.0 Å². The average molecular weight is 436 g/mol. The van der Waals surface area contributed by atoms with E-state index in [-0.39, 0.29) is 17.5 Å². The third-order valence-corrected chi connectivity index (χ3v) is 6.42. The van der Waals surface area contributed by atoms with E-state index in [0.29, 0.717) is 30.4 Å². The Morgan fingerprint density at radius 1 is 1.19 bits per heavy atom. The van der Waals surface area contributed by atoms with Crippen LogP contribution in [0.15, 0.2) is 63.2 Å². The van der Waals surface area contributed by atoms with Crippen molar-refractivity contribution in [1.29, 1.82) is 0 Å². The molecule has 0 bridgehead atoms. The molecule has 1 amide bonds. The zero-order valence-corrected chi connectivity index (χ0v) is 17.8. The number of likely N-dealkylation sites (tertiary alicyclic amines) is 1. The van der Waals surface area contributed by atoms with Gasteiger partial charge in [-0.3, -0.25) is 4.79 Å². The molecule has 0 aliphatic carbocycles. The van der Waals surface area contributed by atoms with Crippen molar-refractivity contribution in [3.8, 4) is 16.3 Å². The lowest BCUT2D eigenvalue weighted by Crippen LogP contribution is -2.40. The summed E-state index contributed by atoms with van der Waals surface area (Å²) in [5.74, 6) is 1.06. The molecule has 9 heteroatoms. The second kappa shape index (κ2) is 7.99. The summed E-state index contributed by atoms with van der Waals surface area (Å²) in [6, 6.07) is 15.0. The van der Waals surface area contributed by atoms with Gasteiger partial charge in [0.1, 0.15) is 5.82 Å². The van der Waals surface area contributed by atoms with Crippen LogP contribution in [0, 0.1) is 0 Å². The molecule has 1 atom stereocenters. The lowest BCUT2D eigenvalue weighted by Gasteiger charge is -2.31. The minimum atomic E-state index is -0.193. The number of para-hydroxylation sites is 1. The molecule has 4 heterocycles. The number of aryl methyl sites for hydroxylation is 1. The van der Waals surface area contributed by atoms with Gasteiger partial charge in [0.15, 0.2) is 11.5 Å². The second-order valence-corrected chi connectivity index (χ2v) is 8.53. The highest BCUT2D eigenvalue weighted by Gasteiger charge is 2.31. The molecule has 1 aliphatic heterocycles. The Kier molecular flexibility index (Phi) is 5.03. The molecule has 0 radical (unpaired) electrons. The Labute approximate surface area is 182 Å². The predicted octanol–water partition coefficient (Wildman–Crippen LogP) is 3.31. The summed E-state index contributed by atoms with van der Waals surface area (Å²) in [4.78, 5) is 28.6. The summed E-state index contributed by atoms with van der Waals surface area (Å²) in [7, 11) is 1.65. The number of amides is 1. The molecule has 3 aromatic heterocycles. The smallest absolute Gasteiger partial charge is 0.350 e. The van der Waals surface area contributed by atoms with Gasteiger partial charge in [-0.1, -0.05) is 29.4 Å². The van der Waals surface area contributed by atoms with Crippen LogP contribution in [0.4, 0.5) is 0 Å². The van der Waals surface area contributed by atoms with Gasteiger partial charge >= 0.3 is 5.69 Å². The van der Waals surface area contributed by atoms with Crippen molar-refractivity contribution in [2.24, 2.45) is 7.05 Å². The molecule has 1 saturated heterocycles. The zero-order valence-electron chi connectivity index (χ0n) is 17.0. The summed E-state index contributed by atoms with van der Waals surface area (Å²) in [6.45, 7) is 1.11. The van der Waals surface area contributed by atoms with E-state index in [1.807, 2.05) is 47.8 Å². The molecule has 1 aliphatic rings. The summed E-state index contributed by atoms with van der Waals surface area (Å²) < 4.78 is 8.38. The number of carbonyl (C=O) groups excluding carboxylic acids is 1. The number of benzene rings is 1. The molecular formula is C22H21N5O3S. The van der Waals surface area contributed by atoms with Gasteiger partial charge in [0.05, 0.1) is 10.6 Å². The first kappa shape index (κ1) is 19.5. The zero-order chi connectivity index (χ0) is 21.4. The van der Waals surface area contributed by atoms with Gasteiger partial charge < -0.3 is 9.42 Å². The summed E-state index contributed by atoms with van der Waals surface area (Å²) in [5.41, 5.74) is 0.878. The van der Waals surface area contributed by atoms with Crippen LogP contribution in [0.2, 0.25) is 0 Å². The minimum Gasteiger partial charge on any atom is -0.355 e. The number of rotatable bonds is 4. The Bertz CT molecular complexity index is 1260. The maximum Gasteiger partial charge on any atom is 0.350 e. The van der Waals surface area contributed by atoms with Gasteiger partial charge in [0.2, 0.25) is 0 Å². The van der Waals surface area contributed by atoms with Gasteiger partial charge in [0.25, 0.3) is 5.91 Å². The Hall–Kier alpha value is -3.46. The van der Waals surface area contributed by atoms with Crippen LogP contribution in [-0.4, -0.2) is 43.4 Å². The van der Waals surface area contributed by atoms with Gasteiger partial charge in [0, 0.05) is 32.1 Å². The normalized spacial score (nSPS) is 16.5. The van der Waals surface area contributed by atoms with E-state index in [1.165, 1.54) is 16.0 Å². The number of hydrogen-bond acceptors (Lipinski definition) is 6. The average Bonchev–Trinajstić information content (AvgIpc) is 3.55. The molecule has 4 aromatic rings. The highest BCUT2D eigenvalue weighted by atomic mass is 32.1. The number of carbonyl (C=O) groups is 1. The van der Waals surface area contributed by atoms with Crippen LogP contribution < -0.4 is 5.69 Å². The predicted molar refractivity (Wildman–Crippen MR) is 116 cm³/mol. The monoisotopic (exact) mass is 435 g/mol. The fraction of sp³-hybridized carbons (Fsp3) is 0.273. The van der Waals surface area contributed by atoms with Crippen LogP contribution in [0.3, 0.4) is 0 Å². The standard InChI is InChI=1S/C22H21N5O3S/c1-25-22(29)27(16-8-3-2-4-9-16)20(23-25)15-7-5-11-26(14-15)21(28)17-13-18(30-24-17)19-10-6-12-31-19/h2-4,6,8-10,12-13,15H,5,7,11,14H2,1H3/t15-/m0/s1. The third kappa shape index (κ3) is 3.61. The van der Waals surface area contributed by atoms with Crippen LogP contribution in [0.5, 0.6) is 0 Å². The first-order chi connectivity index (χ1) is 15.1. The van der Waals surface area contributed by atoms with Crippen molar-refractivity contribution in [3.05, 3.63) is 75.9 Å². The fourth-order valence-electron chi connectivity index (χ4n) is 4.01. The first-order valence-corrected chi connectivity index (χ1v) is 11.0. The molecule has 0 unspecified atom stereocenters. The maximum absolute atomic E-state index is 13.1. The SMILES string of the molecule is Cn1nc([C@H]2CCCN(C(=O)c3cc(-c4cccs4)on3)C2)n(-c2ccccc2)c1=O. The van der Waals surface area contributed by atoms with Gasteiger partial charge in [-0.2, -0.15) is 5.10 Å². The van der Waals surface area contributed by atoms with E-state index in [0.717, 1.165) is 23.4 Å². The number of hydrogen-bond donors (Lipinski definition) is 0. The number of piperidine rings is 1. The molecule has 8 nitrogen and oxygen atoms in total. The van der Waals surface area contributed by atoms with E-state index in [2.05, 4.69) is 10.3 Å². The third-order valence-electron chi connectivity index (χ3n) is 5.53. The molecule has 1 fully saturated rings. The largest absolute Gasteiger partial charge is 0.355 e. The van der Waals surface area contributed by atoms with Gasteiger partial charge in [-0.05, 0) is 36.4 Å². The van der Waals surface area contributed by atoms with Gasteiger partial charge in [-0.15, -0.1) is 11.3 Å². The number of thiophene rings is 1. The number of aromatic nitrogens is 4. The van der Waals surface area contributed by atoms with Crippen molar-refractivity contribution in [2.45, 2.75) is 18.8 Å². The number of nitrogens with zero attached hydrogens (tertiary/aromatic N) is 5. The summed E-state index contributed by atoms with van der Waals surface area (Å²) >= 11 is 1.54. The van der Waals surface area contributed by atoms with E-state index in [9.17, 15) is 9.59 Å². The maximum atomic E-state index is 13.1. The van der Waals surface area contributed by atoms with Crippen molar-refractivity contribution in [3.63, 3.8) is 0 Å². The molecular weight excluding hydrogens is 414 g/mol. The first-order valence-electron chi connectivity index (χ1n) is 10.1. The van der Waals surface area contributed by atoms with E-state index in [1.54, 1.807) is 22.6 Å². The molecule has 158 valence electrons. The summed E-state index contributed by atoms with van der Waals surface area (Å²) in [6.07, 6.45) is 1.68. The van der Waals surface area contributed by atoms with Crippen molar-refractivity contribution in [2.75, 3.05) is 13.1 Å². The Morgan fingerprint density at radius 3 is 2.81 bits per heavy atom. The van der Waals surface area contributed by atoms with E-state index >= 15 is 0 Å². The molecule has 0 N–H and O–H groups in total. The van der Waals surface area contributed by atoms with Crippen LogP contribution in [0.25, 0.3) is 16.3 Å². The van der Waals surface area contributed by atoms with Crippen LogP contribution in [-0.2, 0) is 7.05 Å². The van der Waals surface area contributed by atoms with E-state index in [4.69, 9.17) is 4.52 Å². The van der Waals surface area contributed by atoms with Crippen molar-refractivity contribution >= 4 is 17.2 Å². The van der Waals surface area contributed by atoms with E-state index < -0.39 is 0 Å².